The third kappa shape index (κ3) is 3.42. The molecule has 4 rings (SSSR count). The monoisotopic (exact) mass is 397 g/mol. The first-order chi connectivity index (χ1) is 13.6. The summed E-state index contributed by atoms with van der Waals surface area (Å²) in [6.07, 6.45) is 2.02. The minimum atomic E-state index is -0.512. The fourth-order valence-corrected chi connectivity index (χ4v) is 4.44. The first kappa shape index (κ1) is 18.7. The van der Waals surface area contributed by atoms with Gasteiger partial charge in [-0.2, -0.15) is 0 Å². The summed E-state index contributed by atoms with van der Waals surface area (Å²) in [5.41, 5.74) is 0.316. The molecule has 1 atom stereocenters. The zero-order valence-electron chi connectivity index (χ0n) is 15.5. The first-order valence-electron chi connectivity index (χ1n) is 9.28. The van der Waals surface area contributed by atoms with E-state index in [0.717, 1.165) is 25.9 Å². The predicted molar refractivity (Wildman–Crippen MR) is 108 cm³/mol. The summed E-state index contributed by atoms with van der Waals surface area (Å²) in [6, 6.07) is 13.1. The number of hydrogen-bond donors (Lipinski definition) is 0. The lowest BCUT2D eigenvalue weighted by Crippen LogP contribution is -2.34. The molecule has 3 aromatic rings. The number of halogens is 1. The Bertz CT molecular complexity index is 1090. The van der Waals surface area contributed by atoms with Gasteiger partial charge in [-0.1, -0.05) is 36.0 Å². The number of aromatic nitrogens is 2. The highest BCUT2D eigenvalue weighted by atomic mass is 32.2. The zero-order valence-corrected chi connectivity index (χ0v) is 16.3. The van der Waals surface area contributed by atoms with Crippen LogP contribution in [0.25, 0.3) is 16.6 Å². The van der Waals surface area contributed by atoms with E-state index < -0.39 is 11.1 Å². The molecule has 1 aromatic heterocycles. The summed E-state index contributed by atoms with van der Waals surface area (Å²) in [5.74, 6) is -0.493. The van der Waals surface area contributed by atoms with E-state index in [1.807, 2.05) is 4.90 Å². The molecule has 1 aliphatic rings. The van der Waals surface area contributed by atoms with Gasteiger partial charge >= 0.3 is 0 Å². The van der Waals surface area contributed by atoms with Crippen LogP contribution in [0.4, 0.5) is 4.39 Å². The molecule has 2 heterocycles. The number of benzene rings is 2. The van der Waals surface area contributed by atoms with E-state index in [1.165, 1.54) is 22.4 Å². The first-order valence-corrected chi connectivity index (χ1v) is 10.2. The molecule has 0 N–H and O–H groups in total. The summed E-state index contributed by atoms with van der Waals surface area (Å²) in [7, 11) is 0. The maximum absolute atomic E-state index is 14.5. The number of amides is 1. The Hall–Kier alpha value is -2.67. The van der Waals surface area contributed by atoms with Crippen molar-refractivity contribution in [3.8, 4) is 5.69 Å². The van der Waals surface area contributed by atoms with Crippen molar-refractivity contribution >= 4 is 28.6 Å². The second-order valence-corrected chi connectivity index (χ2v) is 8.10. The van der Waals surface area contributed by atoms with E-state index in [9.17, 15) is 14.0 Å². The quantitative estimate of drug-likeness (QED) is 0.498. The van der Waals surface area contributed by atoms with Crippen LogP contribution in [-0.2, 0) is 4.79 Å². The zero-order chi connectivity index (χ0) is 19.7. The van der Waals surface area contributed by atoms with Crippen LogP contribution in [0.2, 0.25) is 0 Å². The average Bonchev–Trinajstić information content (AvgIpc) is 3.23. The number of fused-ring (bicyclic) bond motifs is 1. The molecule has 144 valence electrons. The second kappa shape index (κ2) is 7.75. The third-order valence-electron chi connectivity index (χ3n) is 4.89. The van der Waals surface area contributed by atoms with Crippen molar-refractivity contribution in [1.29, 1.82) is 0 Å². The Kier molecular flexibility index (Phi) is 5.17. The Morgan fingerprint density at radius 3 is 2.54 bits per heavy atom. The van der Waals surface area contributed by atoms with Gasteiger partial charge in [-0.05, 0) is 44.0 Å². The maximum atomic E-state index is 14.5. The summed E-state index contributed by atoms with van der Waals surface area (Å²) < 4.78 is 15.8. The van der Waals surface area contributed by atoms with Crippen LogP contribution in [0.3, 0.4) is 0 Å². The molecule has 0 unspecified atom stereocenters. The van der Waals surface area contributed by atoms with Gasteiger partial charge in [0.1, 0.15) is 5.82 Å². The second-order valence-electron chi connectivity index (χ2n) is 6.80. The standard InChI is InChI=1S/C21H20FN3O2S/c1-14(19(26)24-12-6-7-13-24)28-21-23-17-10-4-2-8-15(17)20(27)25(21)18-11-5-3-9-16(18)22/h2-5,8-11,14H,6-7,12-13H2,1H3/t14-/m1/s1. The summed E-state index contributed by atoms with van der Waals surface area (Å²) in [5, 5.41) is 0.298. The van der Waals surface area contributed by atoms with Crippen LogP contribution < -0.4 is 5.56 Å². The normalized spacial score (nSPS) is 15.1. The van der Waals surface area contributed by atoms with Crippen LogP contribution in [0.5, 0.6) is 0 Å². The van der Waals surface area contributed by atoms with Gasteiger partial charge < -0.3 is 4.90 Å². The Morgan fingerprint density at radius 2 is 1.79 bits per heavy atom. The highest BCUT2D eigenvalue weighted by Gasteiger charge is 2.26. The van der Waals surface area contributed by atoms with Gasteiger partial charge in [0.25, 0.3) is 5.56 Å². The molecule has 0 spiro atoms. The van der Waals surface area contributed by atoms with E-state index in [4.69, 9.17) is 0 Å². The number of carbonyl (C=O) groups is 1. The van der Waals surface area contributed by atoms with Crippen molar-refractivity contribution in [2.45, 2.75) is 30.2 Å². The van der Waals surface area contributed by atoms with Crippen molar-refractivity contribution in [2.75, 3.05) is 13.1 Å². The van der Waals surface area contributed by atoms with Gasteiger partial charge in [-0.15, -0.1) is 0 Å². The fraction of sp³-hybridized carbons (Fsp3) is 0.286. The number of para-hydroxylation sites is 2. The Labute approximate surface area is 166 Å². The van der Waals surface area contributed by atoms with Crippen molar-refractivity contribution in [3.05, 3.63) is 64.7 Å². The van der Waals surface area contributed by atoms with Crippen LogP contribution in [0.1, 0.15) is 19.8 Å². The van der Waals surface area contributed by atoms with Crippen LogP contribution in [0.15, 0.2) is 58.5 Å². The van der Waals surface area contributed by atoms with Crippen molar-refractivity contribution in [3.63, 3.8) is 0 Å². The highest BCUT2D eigenvalue weighted by Crippen LogP contribution is 2.27. The van der Waals surface area contributed by atoms with E-state index >= 15 is 0 Å². The molecule has 1 saturated heterocycles. The fourth-order valence-electron chi connectivity index (χ4n) is 3.44. The Morgan fingerprint density at radius 1 is 1.11 bits per heavy atom. The van der Waals surface area contributed by atoms with Gasteiger partial charge in [0.2, 0.25) is 5.91 Å². The molecule has 0 bridgehead atoms. The lowest BCUT2D eigenvalue weighted by molar-refractivity contribution is -0.129. The van der Waals surface area contributed by atoms with E-state index in [0.29, 0.717) is 16.1 Å². The molecule has 2 aromatic carbocycles. The number of likely N-dealkylation sites (tertiary alicyclic amines) is 1. The molecular formula is C21H20FN3O2S. The number of carbonyl (C=O) groups excluding carboxylic acids is 1. The molecule has 1 amide bonds. The molecule has 1 fully saturated rings. The topological polar surface area (TPSA) is 55.2 Å². The molecule has 0 aliphatic carbocycles. The van der Waals surface area contributed by atoms with Crippen molar-refractivity contribution in [1.82, 2.24) is 14.5 Å². The summed E-state index contributed by atoms with van der Waals surface area (Å²) in [4.78, 5) is 32.3. The molecule has 1 aliphatic heterocycles. The third-order valence-corrected chi connectivity index (χ3v) is 5.93. The number of nitrogens with zero attached hydrogens (tertiary/aromatic N) is 3. The smallest absolute Gasteiger partial charge is 0.266 e. The molecule has 0 saturated carbocycles. The molecule has 7 heteroatoms. The van der Waals surface area contributed by atoms with Gasteiger partial charge in [0.15, 0.2) is 5.16 Å². The maximum Gasteiger partial charge on any atom is 0.266 e. The molecule has 0 radical (unpaired) electrons. The number of rotatable bonds is 4. The molecule has 5 nitrogen and oxygen atoms in total. The van der Waals surface area contributed by atoms with Crippen LogP contribution >= 0.6 is 11.8 Å². The molecule has 28 heavy (non-hydrogen) atoms. The number of hydrogen-bond acceptors (Lipinski definition) is 4. The van der Waals surface area contributed by atoms with E-state index in [-0.39, 0.29) is 17.2 Å². The Balaban J connectivity index is 1.82. The van der Waals surface area contributed by atoms with E-state index in [1.54, 1.807) is 49.4 Å². The largest absolute Gasteiger partial charge is 0.342 e. The summed E-state index contributed by atoms with van der Waals surface area (Å²) in [6.45, 7) is 3.32. The van der Waals surface area contributed by atoms with Gasteiger partial charge in [-0.25, -0.2) is 9.37 Å². The summed E-state index contributed by atoms with van der Waals surface area (Å²) >= 11 is 1.19. The number of thioether (sulfide) groups is 1. The van der Waals surface area contributed by atoms with E-state index in [2.05, 4.69) is 4.98 Å². The molecular weight excluding hydrogens is 377 g/mol. The van der Waals surface area contributed by atoms with Gasteiger partial charge in [0.05, 0.1) is 21.8 Å². The van der Waals surface area contributed by atoms with Crippen molar-refractivity contribution in [2.24, 2.45) is 0 Å². The predicted octanol–water partition coefficient (Wildman–Crippen LogP) is 3.63. The van der Waals surface area contributed by atoms with Crippen LogP contribution in [0, 0.1) is 5.82 Å². The average molecular weight is 397 g/mol. The minimum absolute atomic E-state index is 0.0185. The van der Waals surface area contributed by atoms with Gasteiger partial charge in [-0.3, -0.25) is 14.2 Å². The van der Waals surface area contributed by atoms with Crippen LogP contribution in [-0.4, -0.2) is 38.7 Å². The van der Waals surface area contributed by atoms with Crippen molar-refractivity contribution < 1.29 is 9.18 Å². The SMILES string of the molecule is C[C@@H](Sc1nc2ccccc2c(=O)n1-c1ccccc1F)C(=O)N1CCCC1. The highest BCUT2D eigenvalue weighted by molar-refractivity contribution is 8.00. The minimum Gasteiger partial charge on any atom is -0.342 e. The lowest BCUT2D eigenvalue weighted by atomic mass is 10.2. The lowest BCUT2D eigenvalue weighted by Gasteiger charge is -2.21. The van der Waals surface area contributed by atoms with Gasteiger partial charge in [0, 0.05) is 13.1 Å².